The van der Waals surface area contributed by atoms with Crippen molar-refractivity contribution in [2.24, 2.45) is 0 Å². The van der Waals surface area contributed by atoms with Gasteiger partial charge < -0.3 is 15.3 Å². The van der Waals surface area contributed by atoms with E-state index < -0.39 is 0 Å². The Morgan fingerprint density at radius 2 is 2.33 bits per heavy atom. The third-order valence-electron chi connectivity index (χ3n) is 3.17. The van der Waals surface area contributed by atoms with E-state index in [9.17, 15) is 9.90 Å². The van der Waals surface area contributed by atoms with Gasteiger partial charge in [0.2, 0.25) is 5.91 Å². The molecule has 4 heteroatoms. The molecule has 1 fully saturated rings. The molecular weight excluding hydrogens is 192 g/mol. The van der Waals surface area contributed by atoms with E-state index in [0.29, 0.717) is 24.9 Å². The second kappa shape index (κ2) is 2.89. The number of amides is 1. The molecule has 0 spiro atoms. The lowest BCUT2D eigenvalue weighted by Crippen LogP contribution is -2.52. The summed E-state index contributed by atoms with van der Waals surface area (Å²) in [5.74, 6) is 0.400. The summed E-state index contributed by atoms with van der Waals surface area (Å²) in [6, 6.07) is 5.80. The number of aromatic hydroxyl groups is 1. The Labute approximate surface area is 87.5 Å². The molecule has 0 bridgehead atoms. The molecule has 2 N–H and O–H groups in total. The number of phenolic OH excluding ortho intramolecular Hbond substituents is 1. The van der Waals surface area contributed by atoms with Gasteiger partial charge >= 0.3 is 0 Å². The Kier molecular flexibility index (Phi) is 1.65. The predicted molar refractivity (Wildman–Crippen MR) is 56.0 cm³/mol. The van der Waals surface area contributed by atoms with E-state index in [1.807, 2.05) is 12.1 Å². The fourth-order valence-electron chi connectivity index (χ4n) is 2.42. The van der Waals surface area contributed by atoms with Crippen LogP contribution in [-0.2, 0) is 11.2 Å². The highest BCUT2D eigenvalue weighted by atomic mass is 16.3. The molecule has 0 saturated carbocycles. The molecule has 1 aromatic carbocycles. The number of fused-ring (bicyclic) bond motifs is 3. The van der Waals surface area contributed by atoms with Crippen LogP contribution in [0.15, 0.2) is 18.2 Å². The maximum absolute atomic E-state index is 11.3. The van der Waals surface area contributed by atoms with Gasteiger partial charge in [-0.1, -0.05) is 6.07 Å². The van der Waals surface area contributed by atoms with Crippen molar-refractivity contribution in [1.29, 1.82) is 0 Å². The summed E-state index contributed by atoms with van der Waals surface area (Å²) in [7, 11) is 0. The maximum atomic E-state index is 11.3. The first-order chi connectivity index (χ1) is 7.25. The number of carbonyl (C=O) groups excluding carboxylic acids is 1. The molecule has 1 saturated heterocycles. The van der Waals surface area contributed by atoms with Crippen LogP contribution < -0.4 is 10.2 Å². The summed E-state index contributed by atoms with van der Waals surface area (Å²) in [6.45, 7) is 1.08. The number of nitrogens with zero attached hydrogens (tertiary/aromatic N) is 1. The van der Waals surface area contributed by atoms with Gasteiger partial charge in [0, 0.05) is 24.2 Å². The molecule has 1 aromatic rings. The van der Waals surface area contributed by atoms with Crippen molar-refractivity contribution in [3.63, 3.8) is 0 Å². The van der Waals surface area contributed by atoms with Gasteiger partial charge in [-0.15, -0.1) is 0 Å². The number of hydrogen-bond acceptors (Lipinski definition) is 3. The number of nitrogens with one attached hydrogen (secondary N) is 1. The van der Waals surface area contributed by atoms with Gasteiger partial charge in [-0.2, -0.15) is 0 Å². The van der Waals surface area contributed by atoms with Crippen LogP contribution in [-0.4, -0.2) is 30.1 Å². The molecule has 1 unspecified atom stereocenters. The zero-order valence-corrected chi connectivity index (χ0v) is 8.23. The third-order valence-corrected chi connectivity index (χ3v) is 3.17. The fourth-order valence-corrected chi connectivity index (χ4v) is 2.42. The Hall–Kier alpha value is -1.71. The highest BCUT2D eigenvalue weighted by Gasteiger charge is 2.35. The van der Waals surface area contributed by atoms with Crippen LogP contribution in [0.3, 0.4) is 0 Å². The lowest BCUT2D eigenvalue weighted by molar-refractivity contribution is -0.120. The van der Waals surface area contributed by atoms with E-state index in [1.54, 1.807) is 6.07 Å². The van der Waals surface area contributed by atoms with E-state index >= 15 is 0 Å². The summed E-state index contributed by atoms with van der Waals surface area (Å²) < 4.78 is 0. The zero-order chi connectivity index (χ0) is 10.4. The fraction of sp³-hybridized carbons (Fsp3) is 0.364. The minimum atomic E-state index is 0.0578. The van der Waals surface area contributed by atoms with Crippen LogP contribution in [0.5, 0.6) is 5.75 Å². The molecule has 2 heterocycles. The molecule has 15 heavy (non-hydrogen) atoms. The number of hydrogen-bond donors (Lipinski definition) is 2. The maximum Gasteiger partial charge on any atom is 0.239 e. The smallest absolute Gasteiger partial charge is 0.239 e. The second-order valence-electron chi connectivity index (χ2n) is 4.06. The van der Waals surface area contributed by atoms with Gasteiger partial charge in [0.05, 0.1) is 12.6 Å². The Morgan fingerprint density at radius 1 is 1.47 bits per heavy atom. The van der Waals surface area contributed by atoms with Gasteiger partial charge in [-0.3, -0.25) is 4.79 Å². The Morgan fingerprint density at radius 3 is 3.20 bits per heavy atom. The van der Waals surface area contributed by atoms with Crippen molar-refractivity contribution in [3.05, 3.63) is 23.8 Å². The number of carbonyl (C=O) groups is 1. The topological polar surface area (TPSA) is 52.6 Å². The summed E-state index contributed by atoms with van der Waals surface area (Å²) in [4.78, 5) is 13.4. The molecule has 0 aromatic heterocycles. The van der Waals surface area contributed by atoms with Gasteiger partial charge in [0.15, 0.2) is 0 Å². The number of rotatable bonds is 0. The van der Waals surface area contributed by atoms with E-state index in [0.717, 1.165) is 17.7 Å². The molecule has 1 amide bonds. The van der Waals surface area contributed by atoms with E-state index in [1.165, 1.54) is 0 Å². The summed E-state index contributed by atoms with van der Waals surface area (Å²) >= 11 is 0. The van der Waals surface area contributed by atoms with Crippen molar-refractivity contribution in [3.8, 4) is 5.75 Å². The quantitative estimate of drug-likeness (QED) is 0.637. The molecule has 2 aliphatic heterocycles. The number of piperazine rings is 1. The molecule has 4 nitrogen and oxygen atoms in total. The summed E-state index contributed by atoms with van der Waals surface area (Å²) in [6.07, 6.45) is 0.822. The largest absolute Gasteiger partial charge is 0.508 e. The monoisotopic (exact) mass is 204 g/mol. The Balaban J connectivity index is 2.04. The van der Waals surface area contributed by atoms with Crippen LogP contribution in [0.1, 0.15) is 5.56 Å². The Bertz CT molecular complexity index is 431. The molecule has 2 aliphatic rings. The van der Waals surface area contributed by atoms with Crippen molar-refractivity contribution >= 4 is 11.6 Å². The lowest BCUT2D eigenvalue weighted by Gasteiger charge is -2.31. The first kappa shape index (κ1) is 8.59. The van der Waals surface area contributed by atoms with Crippen molar-refractivity contribution in [2.75, 3.05) is 18.0 Å². The molecule has 3 rings (SSSR count). The second-order valence-corrected chi connectivity index (χ2v) is 4.06. The highest BCUT2D eigenvalue weighted by Crippen LogP contribution is 2.37. The van der Waals surface area contributed by atoms with Gasteiger partial charge in [-0.25, -0.2) is 0 Å². The third kappa shape index (κ3) is 1.17. The van der Waals surface area contributed by atoms with E-state index in [-0.39, 0.29) is 5.91 Å². The van der Waals surface area contributed by atoms with Gasteiger partial charge in [0.1, 0.15) is 5.75 Å². The van der Waals surface area contributed by atoms with Crippen LogP contribution in [0.2, 0.25) is 0 Å². The van der Waals surface area contributed by atoms with Crippen LogP contribution >= 0.6 is 0 Å². The number of phenols is 1. The number of benzene rings is 1. The molecule has 1 atom stereocenters. The predicted octanol–water partition coefficient (Wildman–Crippen LogP) is 0.253. The average molecular weight is 204 g/mol. The van der Waals surface area contributed by atoms with Crippen molar-refractivity contribution < 1.29 is 9.90 Å². The van der Waals surface area contributed by atoms with E-state index in [2.05, 4.69) is 10.2 Å². The minimum Gasteiger partial charge on any atom is -0.508 e. The normalized spacial score (nSPS) is 23.3. The van der Waals surface area contributed by atoms with Gasteiger partial charge in [-0.05, 0) is 12.1 Å². The van der Waals surface area contributed by atoms with Gasteiger partial charge in [0.25, 0.3) is 0 Å². The molecule has 0 radical (unpaired) electrons. The first-order valence-corrected chi connectivity index (χ1v) is 5.10. The lowest BCUT2D eigenvalue weighted by atomic mass is 10.1. The van der Waals surface area contributed by atoms with Crippen LogP contribution in [0.25, 0.3) is 0 Å². The van der Waals surface area contributed by atoms with E-state index in [4.69, 9.17) is 0 Å². The summed E-state index contributed by atoms with van der Waals surface area (Å²) in [5, 5.41) is 12.6. The van der Waals surface area contributed by atoms with Crippen LogP contribution in [0.4, 0.5) is 5.69 Å². The minimum absolute atomic E-state index is 0.0578. The SMILES string of the molecule is O=C1CN2c3cccc(O)c3CC2CN1. The number of anilines is 1. The van der Waals surface area contributed by atoms with Crippen LogP contribution in [0, 0.1) is 0 Å². The average Bonchev–Trinajstić information content (AvgIpc) is 2.58. The summed E-state index contributed by atoms with van der Waals surface area (Å²) in [5.41, 5.74) is 1.98. The first-order valence-electron chi connectivity index (χ1n) is 5.10. The molecular formula is C11H12N2O2. The molecule has 78 valence electrons. The van der Waals surface area contributed by atoms with Crippen molar-refractivity contribution in [1.82, 2.24) is 5.32 Å². The zero-order valence-electron chi connectivity index (χ0n) is 8.23. The molecule has 0 aliphatic carbocycles. The standard InChI is InChI=1S/C11H12N2O2/c14-10-3-1-2-9-8(10)4-7-5-12-11(15)6-13(7)9/h1-3,7,14H,4-6H2,(H,12,15). The van der Waals surface area contributed by atoms with Crippen molar-refractivity contribution in [2.45, 2.75) is 12.5 Å². The highest BCUT2D eigenvalue weighted by molar-refractivity contribution is 5.84.